The van der Waals surface area contributed by atoms with Crippen LogP contribution < -0.4 is 5.73 Å². The molecule has 1 amide bonds. The monoisotopic (exact) mass is 282 g/mol. The summed E-state index contributed by atoms with van der Waals surface area (Å²) in [6.45, 7) is 1.43. The molecule has 1 aliphatic rings. The lowest BCUT2D eigenvalue weighted by atomic mass is 10.2. The number of hydrogen-bond acceptors (Lipinski definition) is 6. The Kier molecular flexibility index (Phi) is 4.57. The highest BCUT2D eigenvalue weighted by Gasteiger charge is 2.26. The predicted molar refractivity (Wildman–Crippen MR) is 69.6 cm³/mol. The van der Waals surface area contributed by atoms with Crippen LogP contribution in [0.5, 0.6) is 0 Å². The van der Waals surface area contributed by atoms with Crippen molar-refractivity contribution in [3.05, 3.63) is 12.4 Å². The molecule has 1 aliphatic heterocycles. The van der Waals surface area contributed by atoms with Crippen LogP contribution in [0.2, 0.25) is 0 Å². The van der Waals surface area contributed by atoms with Crippen molar-refractivity contribution >= 4 is 17.6 Å². The second-order valence-electron chi connectivity index (χ2n) is 4.58. The van der Waals surface area contributed by atoms with E-state index in [1.807, 2.05) is 0 Å². The summed E-state index contributed by atoms with van der Waals surface area (Å²) in [5.74, 6) is -0.421. The van der Waals surface area contributed by atoms with E-state index in [1.54, 1.807) is 11.1 Å². The summed E-state index contributed by atoms with van der Waals surface area (Å²) in [4.78, 5) is 25.0. The Balaban J connectivity index is 1.88. The third kappa shape index (κ3) is 3.70. The molecule has 110 valence electrons. The number of aromatic nitrogens is 2. The van der Waals surface area contributed by atoms with Gasteiger partial charge >= 0.3 is 5.97 Å². The summed E-state index contributed by atoms with van der Waals surface area (Å²) in [5.41, 5.74) is 6.06. The van der Waals surface area contributed by atoms with Crippen molar-refractivity contribution in [1.29, 1.82) is 0 Å². The highest BCUT2D eigenvalue weighted by atomic mass is 16.5. The van der Waals surface area contributed by atoms with Crippen LogP contribution in [0.3, 0.4) is 0 Å². The molecule has 0 radical (unpaired) electrons. The fraction of sp³-hybridized carbons (Fsp3) is 0.583. The van der Waals surface area contributed by atoms with E-state index in [-0.39, 0.29) is 30.9 Å². The minimum atomic E-state index is -0.343. The zero-order valence-corrected chi connectivity index (χ0v) is 11.3. The highest BCUT2D eigenvalue weighted by Crippen LogP contribution is 2.10. The Labute approximate surface area is 116 Å². The summed E-state index contributed by atoms with van der Waals surface area (Å²) in [6.07, 6.45) is 2.93. The second kappa shape index (κ2) is 6.38. The summed E-state index contributed by atoms with van der Waals surface area (Å²) in [5, 5.41) is 3.97. The number of carbonyl (C=O) groups is 2. The first-order valence-electron chi connectivity index (χ1n) is 6.32. The number of nitrogen functional groups attached to an aromatic ring is 1. The number of ether oxygens (including phenoxy) is 2. The Morgan fingerprint density at radius 2 is 2.40 bits per heavy atom. The fourth-order valence-electron chi connectivity index (χ4n) is 2.04. The van der Waals surface area contributed by atoms with Gasteiger partial charge in [-0.25, -0.2) is 0 Å². The molecular weight excluding hydrogens is 264 g/mol. The number of hydrogen-bond donors (Lipinski definition) is 1. The maximum Gasteiger partial charge on any atom is 0.308 e. The van der Waals surface area contributed by atoms with Crippen LogP contribution in [0.4, 0.5) is 5.69 Å². The van der Waals surface area contributed by atoms with Crippen LogP contribution in [0.1, 0.15) is 6.42 Å². The van der Waals surface area contributed by atoms with Gasteiger partial charge in [0.25, 0.3) is 0 Å². The topological polar surface area (TPSA) is 99.7 Å². The van der Waals surface area contributed by atoms with Gasteiger partial charge in [0.2, 0.25) is 5.91 Å². The number of methoxy groups -OCH3 is 1. The van der Waals surface area contributed by atoms with Crippen molar-refractivity contribution < 1.29 is 19.1 Å². The molecule has 2 rings (SSSR count). The van der Waals surface area contributed by atoms with Crippen molar-refractivity contribution in [2.24, 2.45) is 0 Å². The number of carbonyl (C=O) groups excluding carboxylic acids is 2. The second-order valence-corrected chi connectivity index (χ2v) is 4.58. The summed E-state index contributed by atoms with van der Waals surface area (Å²) >= 11 is 0. The van der Waals surface area contributed by atoms with Gasteiger partial charge in [-0.3, -0.25) is 14.3 Å². The molecule has 1 saturated heterocycles. The SMILES string of the molecule is COC(=O)CC1CN(C(=O)Cn2cc(N)cn2)CCO1. The molecule has 0 aliphatic carbocycles. The third-order valence-electron chi connectivity index (χ3n) is 3.06. The molecule has 0 saturated carbocycles. The molecule has 8 heteroatoms. The number of nitrogens with two attached hydrogens (primary N) is 1. The minimum Gasteiger partial charge on any atom is -0.469 e. The average molecular weight is 282 g/mol. The Morgan fingerprint density at radius 1 is 1.60 bits per heavy atom. The number of amides is 1. The van der Waals surface area contributed by atoms with Gasteiger partial charge in [0.1, 0.15) is 6.54 Å². The zero-order valence-electron chi connectivity index (χ0n) is 11.3. The van der Waals surface area contributed by atoms with E-state index in [0.29, 0.717) is 25.4 Å². The number of morpholine rings is 1. The fourth-order valence-corrected chi connectivity index (χ4v) is 2.04. The number of esters is 1. The van der Waals surface area contributed by atoms with Crippen LogP contribution >= 0.6 is 0 Å². The van der Waals surface area contributed by atoms with Crippen molar-refractivity contribution in [3.63, 3.8) is 0 Å². The van der Waals surface area contributed by atoms with E-state index in [9.17, 15) is 9.59 Å². The molecule has 0 bridgehead atoms. The minimum absolute atomic E-state index is 0.0775. The van der Waals surface area contributed by atoms with E-state index in [2.05, 4.69) is 9.84 Å². The molecule has 1 aromatic rings. The van der Waals surface area contributed by atoms with E-state index >= 15 is 0 Å². The molecule has 1 fully saturated rings. The lowest BCUT2D eigenvalue weighted by molar-refractivity contribution is -0.150. The van der Waals surface area contributed by atoms with Crippen LogP contribution in [0.15, 0.2) is 12.4 Å². The van der Waals surface area contributed by atoms with E-state index < -0.39 is 0 Å². The van der Waals surface area contributed by atoms with Crippen LogP contribution in [-0.4, -0.2) is 59.5 Å². The molecule has 2 heterocycles. The highest BCUT2D eigenvalue weighted by molar-refractivity contribution is 5.76. The zero-order chi connectivity index (χ0) is 14.5. The van der Waals surface area contributed by atoms with E-state index in [4.69, 9.17) is 10.5 Å². The van der Waals surface area contributed by atoms with Gasteiger partial charge in [0.05, 0.1) is 38.1 Å². The first-order chi connectivity index (χ1) is 9.58. The molecule has 8 nitrogen and oxygen atoms in total. The summed E-state index contributed by atoms with van der Waals surface area (Å²) in [7, 11) is 1.33. The van der Waals surface area contributed by atoms with Crippen LogP contribution in [0.25, 0.3) is 0 Å². The van der Waals surface area contributed by atoms with Crippen molar-refractivity contribution in [2.45, 2.75) is 19.1 Å². The largest absolute Gasteiger partial charge is 0.469 e. The molecule has 1 aromatic heterocycles. The van der Waals surface area contributed by atoms with Gasteiger partial charge in [-0.2, -0.15) is 5.10 Å². The Bertz CT molecular complexity index is 488. The molecule has 20 heavy (non-hydrogen) atoms. The summed E-state index contributed by atoms with van der Waals surface area (Å²) < 4.78 is 11.5. The van der Waals surface area contributed by atoms with Gasteiger partial charge in [0, 0.05) is 19.3 Å². The average Bonchev–Trinajstić information content (AvgIpc) is 2.84. The number of nitrogens with zero attached hydrogens (tertiary/aromatic N) is 3. The van der Waals surface area contributed by atoms with Crippen LogP contribution in [-0.2, 0) is 25.6 Å². The van der Waals surface area contributed by atoms with Gasteiger partial charge in [-0.15, -0.1) is 0 Å². The molecular formula is C12H18N4O4. The maximum absolute atomic E-state index is 12.1. The number of rotatable bonds is 4. The van der Waals surface area contributed by atoms with Gasteiger partial charge in [0.15, 0.2) is 0 Å². The maximum atomic E-state index is 12.1. The number of anilines is 1. The van der Waals surface area contributed by atoms with E-state index in [1.165, 1.54) is 18.0 Å². The molecule has 0 aromatic carbocycles. The summed E-state index contributed by atoms with van der Waals surface area (Å²) in [6, 6.07) is 0. The van der Waals surface area contributed by atoms with Crippen LogP contribution in [0, 0.1) is 0 Å². The lowest BCUT2D eigenvalue weighted by Gasteiger charge is -2.32. The molecule has 1 atom stereocenters. The molecule has 2 N–H and O–H groups in total. The quantitative estimate of drug-likeness (QED) is 0.730. The van der Waals surface area contributed by atoms with Crippen molar-refractivity contribution in [1.82, 2.24) is 14.7 Å². The van der Waals surface area contributed by atoms with Crippen molar-refractivity contribution in [2.75, 3.05) is 32.5 Å². The van der Waals surface area contributed by atoms with Crippen molar-refractivity contribution in [3.8, 4) is 0 Å². The standard InChI is InChI=1S/C12H18N4O4/c1-19-12(18)4-10-7-15(2-3-20-10)11(17)8-16-6-9(13)5-14-16/h5-6,10H,2-4,7-8,13H2,1H3. The normalized spacial score (nSPS) is 18.9. The van der Waals surface area contributed by atoms with Gasteiger partial charge in [-0.1, -0.05) is 0 Å². The lowest BCUT2D eigenvalue weighted by Crippen LogP contribution is -2.47. The predicted octanol–water partition coefficient (Wildman–Crippen LogP) is -0.744. The first kappa shape index (κ1) is 14.3. The smallest absolute Gasteiger partial charge is 0.308 e. The van der Waals surface area contributed by atoms with Gasteiger partial charge in [-0.05, 0) is 0 Å². The Morgan fingerprint density at radius 3 is 3.05 bits per heavy atom. The molecule has 0 spiro atoms. The van der Waals surface area contributed by atoms with E-state index in [0.717, 1.165) is 0 Å². The molecule has 1 unspecified atom stereocenters. The van der Waals surface area contributed by atoms with Gasteiger partial charge < -0.3 is 20.1 Å². The third-order valence-corrected chi connectivity index (χ3v) is 3.06. The Hall–Kier alpha value is -2.09. The first-order valence-corrected chi connectivity index (χ1v) is 6.32.